The number of carbonyl (C=O) groups is 1. The van der Waals surface area contributed by atoms with Gasteiger partial charge in [0, 0.05) is 11.3 Å². The zero-order valence-corrected chi connectivity index (χ0v) is 14.8. The van der Waals surface area contributed by atoms with Gasteiger partial charge in [-0.3, -0.25) is 4.79 Å². The third-order valence-corrected chi connectivity index (χ3v) is 4.34. The summed E-state index contributed by atoms with van der Waals surface area (Å²) in [6, 6.07) is 2.65. The van der Waals surface area contributed by atoms with Gasteiger partial charge in [-0.05, 0) is 25.1 Å². The number of hydrogen-bond acceptors (Lipinski definition) is 6. The van der Waals surface area contributed by atoms with Crippen LogP contribution in [-0.2, 0) is 10.3 Å². The van der Waals surface area contributed by atoms with Crippen LogP contribution in [0.25, 0.3) is 0 Å². The number of halogens is 5. The molecule has 1 amide bonds. The molecule has 1 aromatic carbocycles. The van der Waals surface area contributed by atoms with Crippen molar-refractivity contribution in [3.8, 4) is 0 Å². The van der Waals surface area contributed by atoms with Gasteiger partial charge in [-0.25, -0.2) is 23.1 Å². The molecule has 0 radical (unpaired) electrons. The molecule has 2 aromatic rings. The summed E-state index contributed by atoms with van der Waals surface area (Å²) in [5.41, 5.74) is 2.77. The van der Waals surface area contributed by atoms with Crippen molar-refractivity contribution >= 4 is 17.6 Å². The second-order valence-electron chi connectivity index (χ2n) is 6.33. The van der Waals surface area contributed by atoms with Gasteiger partial charge in [0.25, 0.3) is 17.8 Å². The zero-order valence-electron chi connectivity index (χ0n) is 14.8. The van der Waals surface area contributed by atoms with Crippen molar-refractivity contribution in [3.05, 3.63) is 47.4 Å². The highest BCUT2D eigenvalue weighted by Crippen LogP contribution is 2.39. The summed E-state index contributed by atoms with van der Waals surface area (Å²) >= 11 is 0. The SMILES string of the molecule is C[C@]1(c2cc(NC(=O)c3coc(C(F)F)n3)ccc2F)N=C(N)O[C@H](CF)[C@@H]1F. The molecule has 156 valence electrons. The van der Waals surface area contributed by atoms with Crippen LogP contribution in [0.1, 0.15) is 35.3 Å². The second kappa shape index (κ2) is 7.68. The molecule has 3 N–H and O–H groups in total. The number of carbonyl (C=O) groups excluding carboxylic acids is 1. The number of nitrogens with one attached hydrogen (secondary N) is 1. The molecule has 0 unspecified atom stereocenters. The molecule has 0 bridgehead atoms. The summed E-state index contributed by atoms with van der Waals surface area (Å²) in [6.45, 7) is -0.0179. The number of ether oxygens (including phenoxy) is 1. The number of oxazole rings is 1. The molecule has 7 nitrogen and oxygen atoms in total. The number of aliphatic imine (C=N–C) groups is 1. The lowest BCUT2D eigenvalue weighted by molar-refractivity contribution is 0.00453. The normalized spacial score (nSPS) is 24.2. The number of alkyl halides is 4. The van der Waals surface area contributed by atoms with Gasteiger partial charge < -0.3 is 20.2 Å². The number of nitrogens with two attached hydrogens (primary N) is 1. The number of hydrogen-bond donors (Lipinski definition) is 2. The fourth-order valence-electron chi connectivity index (χ4n) is 2.89. The predicted molar refractivity (Wildman–Crippen MR) is 90.5 cm³/mol. The summed E-state index contributed by atoms with van der Waals surface area (Å²) in [5, 5.41) is 2.31. The molecule has 12 heteroatoms. The van der Waals surface area contributed by atoms with Crippen LogP contribution >= 0.6 is 0 Å². The lowest BCUT2D eigenvalue weighted by Gasteiger charge is -2.37. The van der Waals surface area contributed by atoms with Gasteiger partial charge in [-0.1, -0.05) is 0 Å². The highest BCUT2D eigenvalue weighted by Gasteiger charge is 2.48. The Morgan fingerprint density at radius 2 is 2.14 bits per heavy atom. The van der Waals surface area contributed by atoms with Gasteiger partial charge >= 0.3 is 6.43 Å². The van der Waals surface area contributed by atoms with Gasteiger partial charge in [-0.2, -0.15) is 8.78 Å². The first-order valence-electron chi connectivity index (χ1n) is 8.22. The van der Waals surface area contributed by atoms with Crippen LogP contribution in [-0.4, -0.2) is 35.9 Å². The lowest BCUT2D eigenvalue weighted by Crippen LogP contribution is -2.50. The smallest absolute Gasteiger partial charge is 0.313 e. The molecule has 3 rings (SSSR count). The number of amides is 1. The first-order chi connectivity index (χ1) is 13.7. The quantitative estimate of drug-likeness (QED) is 0.726. The van der Waals surface area contributed by atoms with E-state index in [1.165, 1.54) is 6.92 Å². The molecule has 0 saturated carbocycles. The average molecular weight is 418 g/mol. The van der Waals surface area contributed by atoms with Crippen molar-refractivity contribution in [2.45, 2.75) is 31.2 Å². The first kappa shape index (κ1) is 20.6. The van der Waals surface area contributed by atoms with Crippen LogP contribution in [0.2, 0.25) is 0 Å². The number of aromatic nitrogens is 1. The molecule has 1 aliphatic heterocycles. The van der Waals surface area contributed by atoms with Gasteiger partial charge in [-0.15, -0.1) is 0 Å². The van der Waals surface area contributed by atoms with E-state index in [1.807, 2.05) is 0 Å². The Morgan fingerprint density at radius 1 is 1.41 bits per heavy atom. The molecule has 2 heterocycles. The second-order valence-corrected chi connectivity index (χ2v) is 6.33. The van der Waals surface area contributed by atoms with E-state index in [9.17, 15) is 26.7 Å². The first-order valence-corrected chi connectivity index (χ1v) is 8.22. The van der Waals surface area contributed by atoms with E-state index >= 15 is 0 Å². The molecule has 1 aliphatic rings. The number of nitrogens with zero attached hydrogens (tertiary/aromatic N) is 2. The van der Waals surface area contributed by atoms with Crippen molar-refractivity contribution in [1.82, 2.24) is 4.98 Å². The molecule has 0 fully saturated rings. The fraction of sp³-hybridized carbons (Fsp3) is 0.353. The minimum atomic E-state index is -3.00. The Kier molecular flexibility index (Phi) is 5.44. The minimum Gasteiger partial charge on any atom is -0.456 e. The molecule has 3 atom stereocenters. The lowest BCUT2D eigenvalue weighted by atomic mass is 9.84. The van der Waals surface area contributed by atoms with Crippen molar-refractivity contribution in [3.63, 3.8) is 0 Å². The van der Waals surface area contributed by atoms with Crippen molar-refractivity contribution < 1.29 is 35.9 Å². The highest BCUT2D eigenvalue weighted by atomic mass is 19.3. The molecule has 0 spiro atoms. The molecule has 0 saturated heterocycles. The van der Waals surface area contributed by atoms with Gasteiger partial charge in [0.05, 0.1) is 0 Å². The monoisotopic (exact) mass is 418 g/mol. The van der Waals surface area contributed by atoms with Crippen LogP contribution in [0.4, 0.5) is 27.6 Å². The molecule has 1 aromatic heterocycles. The van der Waals surface area contributed by atoms with Crippen molar-refractivity contribution in [1.29, 1.82) is 0 Å². The molecule has 0 aliphatic carbocycles. The van der Waals surface area contributed by atoms with E-state index in [2.05, 4.69) is 19.7 Å². The number of benzene rings is 1. The third kappa shape index (κ3) is 3.87. The number of amidine groups is 1. The Morgan fingerprint density at radius 3 is 2.76 bits per heavy atom. The maximum Gasteiger partial charge on any atom is 0.313 e. The van der Waals surface area contributed by atoms with Crippen LogP contribution in [0.15, 0.2) is 33.9 Å². The van der Waals surface area contributed by atoms with E-state index < -0.39 is 60.2 Å². The van der Waals surface area contributed by atoms with E-state index in [1.54, 1.807) is 0 Å². The third-order valence-electron chi connectivity index (χ3n) is 4.34. The standard InChI is InChI=1S/C17H15F5N4O3/c1-17(12(20)11(5-18)29-16(23)26-17)8-4-7(2-3-9(8)19)24-14(27)10-6-28-15(25-10)13(21)22/h2-4,6,11-13H,5H2,1H3,(H2,23,26)(H,24,27)/t11-,12+,17-/m1/s1. The highest BCUT2D eigenvalue weighted by molar-refractivity contribution is 6.02. The molecular weight excluding hydrogens is 403 g/mol. The summed E-state index contributed by atoms with van der Waals surface area (Å²) in [7, 11) is 0. The number of anilines is 1. The summed E-state index contributed by atoms with van der Waals surface area (Å²) in [4.78, 5) is 19.3. The van der Waals surface area contributed by atoms with Gasteiger partial charge in [0.2, 0.25) is 0 Å². The Labute approximate surface area is 160 Å². The largest absolute Gasteiger partial charge is 0.456 e. The Hall–Kier alpha value is -3.18. The number of rotatable bonds is 5. The Bertz CT molecular complexity index is 951. The van der Waals surface area contributed by atoms with Gasteiger partial charge in [0.1, 0.15) is 24.3 Å². The fourth-order valence-corrected chi connectivity index (χ4v) is 2.89. The van der Waals surface area contributed by atoms with Gasteiger partial charge in [0.15, 0.2) is 18.0 Å². The topological polar surface area (TPSA) is 103 Å². The van der Waals surface area contributed by atoms with Crippen LogP contribution in [0, 0.1) is 5.82 Å². The minimum absolute atomic E-state index is 0.0153. The van der Waals surface area contributed by atoms with E-state index in [0.29, 0.717) is 0 Å². The Balaban J connectivity index is 1.91. The maximum atomic E-state index is 14.8. The van der Waals surface area contributed by atoms with E-state index in [0.717, 1.165) is 24.5 Å². The van der Waals surface area contributed by atoms with Crippen LogP contribution in [0.5, 0.6) is 0 Å². The van der Waals surface area contributed by atoms with E-state index in [-0.39, 0.29) is 11.3 Å². The molecule has 29 heavy (non-hydrogen) atoms. The van der Waals surface area contributed by atoms with Crippen LogP contribution < -0.4 is 11.1 Å². The summed E-state index contributed by atoms with van der Waals surface area (Å²) in [5.74, 6) is -2.74. The summed E-state index contributed by atoms with van der Waals surface area (Å²) < 4.78 is 76.6. The predicted octanol–water partition coefficient (Wildman–Crippen LogP) is 3.24. The maximum absolute atomic E-state index is 14.8. The van der Waals surface area contributed by atoms with Crippen molar-refractivity contribution in [2.75, 3.05) is 12.0 Å². The molecular formula is C17H15F5N4O3. The zero-order chi connectivity index (χ0) is 21.3. The van der Waals surface area contributed by atoms with Crippen molar-refractivity contribution in [2.24, 2.45) is 10.7 Å². The summed E-state index contributed by atoms with van der Waals surface area (Å²) in [6.07, 6.45) is -5.94. The van der Waals surface area contributed by atoms with E-state index in [4.69, 9.17) is 10.5 Å². The van der Waals surface area contributed by atoms with Crippen LogP contribution in [0.3, 0.4) is 0 Å². The average Bonchev–Trinajstić information content (AvgIpc) is 3.17.